The molecule has 1 saturated heterocycles. The summed E-state index contributed by atoms with van der Waals surface area (Å²) in [5.74, 6) is -0.833. The molecule has 3 heteroatoms. The van der Waals surface area contributed by atoms with Gasteiger partial charge in [-0.3, -0.25) is 4.79 Å². The predicted octanol–water partition coefficient (Wildman–Crippen LogP) is 3.16. The lowest BCUT2D eigenvalue weighted by Crippen LogP contribution is -2.37. The molecule has 1 aromatic carbocycles. The van der Waals surface area contributed by atoms with E-state index in [0.717, 1.165) is 13.0 Å². The lowest BCUT2D eigenvalue weighted by atomic mass is 10.0. The van der Waals surface area contributed by atoms with Crippen molar-refractivity contribution in [3.8, 4) is 0 Å². The zero-order chi connectivity index (χ0) is 12.7. The fraction of sp³-hybridized carbons (Fsp3) is 0.500. The molecule has 1 N–H and O–H groups in total. The molecule has 0 radical (unpaired) electrons. The highest BCUT2D eigenvalue weighted by molar-refractivity contribution is 5.62. The molecule has 0 spiro atoms. The Bertz CT molecular complexity index is 333. The van der Waals surface area contributed by atoms with Crippen molar-refractivity contribution in [2.75, 3.05) is 11.4 Å². The second-order valence-corrected chi connectivity index (χ2v) is 4.39. The van der Waals surface area contributed by atoms with Gasteiger partial charge in [-0.25, -0.2) is 0 Å². The maximum absolute atomic E-state index is 9.00. The number of hydrogen-bond donors (Lipinski definition) is 1. The van der Waals surface area contributed by atoms with Gasteiger partial charge in [0.25, 0.3) is 5.97 Å². The summed E-state index contributed by atoms with van der Waals surface area (Å²) in [6.45, 7) is 4.64. The lowest BCUT2D eigenvalue weighted by molar-refractivity contribution is -0.134. The SMILES string of the molecule is CC(=O)O.CC1CCCCN1c1ccccc1. The Hall–Kier alpha value is -1.51. The Labute approximate surface area is 103 Å². The number of carbonyl (C=O) groups is 1. The lowest BCUT2D eigenvalue weighted by Gasteiger charge is -2.35. The minimum atomic E-state index is -0.833. The first-order valence-corrected chi connectivity index (χ1v) is 6.12. The maximum Gasteiger partial charge on any atom is 0.300 e. The van der Waals surface area contributed by atoms with Crippen LogP contribution in [0.25, 0.3) is 0 Å². The van der Waals surface area contributed by atoms with E-state index in [-0.39, 0.29) is 0 Å². The van der Waals surface area contributed by atoms with Crippen molar-refractivity contribution in [3.05, 3.63) is 30.3 Å². The van der Waals surface area contributed by atoms with Crippen molar-refractivity contribution < 1.29 is 9.90 Å². The Morgan fingerprint density at radius 3 is 2.41 bits per heavy atom. The molecule has 1 heterocycles. The fourth-order valence-electron chi connectivity index (χ4n) is 2.10. The number of anilines is 1. The van der Waals surface area contributed by atoms with Crippen LogP contribution in [0.1, 0.15) is 33.1 Å². The van der Waals surface area contributed by atoms with E-state index in [0.29, 0.717) is 0 Å². The summed E-state index contributed by atoms with van der Waals surface area (Å²) in [6, 6.07) is 11.5. The molecule has 0 aromatic heterocycles. The number of nitrogens with zero attached hydrogens (tertiary/aromatic N) is 1. The van der Waals surface area contributed by atoms with Crippen LogP contribution in [0, 0.1) is 0 Å². The number of aliphatic carboxylic acids is 1. The first kappa shape index (κ1) is 13.6. The van der Waals surface area contributed by atoms with Crippen molar-refractivity contribution in [1.82, 2.24) is 0 Å². The van der Waals surface area contributed by atoms with Gasteiger partial charge in [0, 0.05) is 25.2 Å². The average molecular weight is 235 g/mol. The van der Waals surface area contributed by atoms with E-state index >= 15 is 0 Å². The number of hydrogen-bond acceptors (Lipinski definition) is 2. The average Bonchev–Trinajstić information content (AvgIpc) is 2.30. The van der Waals surface area contributed by atoms with Crippen LogP contribution in [0.15, 0.2) is 30.3 Å². The summed E-state index contributed by atoms with van der Waals surface area (Å²) in [5.41, 5.74) is 1.38. The number of rotatable bonds is 1. The summed E-state index contributed by atoms with van der Waals surface area (Å²) in [7, 11) is 0. The Morgan fingerprint density at radius 1 is 1.29 bits per heavy atom. The molecule has 1 aromatic rings. The fourth-order valence-corrected chi connectivity index (χ4v) is 2.10. The minimum Gasteiger partial charge on any atom is -0.481 e. The molecular weight excluding hydrogens is 214 g/mol. The molecule has 2 rings (SSSR count). The molecule has 0 amide bonds. The van der Waals surface area contributed by atoms with Gasteiger partial charge in [0.2, 0.25) is 0 Å². The van der Waals surface area contributed by atoms with Crippen LogP contribution in [0.4, 0.5) is 5.69 Å². The van der Waals surface area contributed by atoms with Crippen molar-refractivity contribution in [2.45, 2.75) is 39.2 Å². The molecule has 17 heavy (non-hydrogen) atoms. The van der Waals surface area contributed by atoms with Gasteiger partial charge in [-0.2, -0.15) is 0 Å². The quantitative estimate of drug-likeness (QED) is 0.813. The van der Waals surface area contributed by atoms with Crippen molar-refractivity contribution in [1.29, 1.82) is 0 Å². The van der Waals surface area contributed by atoms with Crippen LogP contribution in [0.2, 0.25) is 0 Å². The molecule has 3 nitrogen and oxygen atoms in total. The topological polar surface area (TPSA) is 40.5 Å². The third kappa shape index (κ3) is 4.89. The number of piperidine rings is 1. The highest BCUT2D eigenvalue weighted by Crippen LogP contribution is 2.23. The van der Waals surface area contributed by atoms with E-state index in [4.69, 9.17) is 9.90 Å². The zero-order valence-corrected chi connectivity index (χ0v) is 10.6. The number of benzene rings is 1. The molecule has 1 unspecified atom stereocenters. The largest absolute Gasteiger partial charge is 0.481 e. The van der Waals surface area contributed by atoms with Crippen LogP contribution in [-0.2, 0) is 4.79 Å². The maximum atomic E-state index is 9.00. The molecule has 0 aliphatic carbocycles. The summed E-state index contributed by atoms with van der Waals surface area (Å²) >= 11 is 0. The summed E-state index contributed by atoms with van der Waals surface area (Å²) in [4.78, 5) is 11.5. The number of para-hydroxylation sites is 1. The summed E-state index contributed by atoms with van der Waals surface area (Å²) in [6.07, 6.45) is 4.08. The van der Waals surface area contributed by atoms with Crippen LogP contribution in [-0.4, -0.2) is 23.7 Å². The third-order valence-corrected chi connectivity index (χ3v) is 2.89. The first-order valence-electron chi connectivity index (χ1n) is 6.12. The van der Waals surface area contributed by atoms with Crippen LogP contribution in [0.3, 0.4) is 0 Å². The Balaban J connectivity index is 0.000000317. The van der Waals surface area contributed by atoms with E-state index in [1.807, 2.05) is 0 Å². The monoisotopic (exact) mass is 235 g/mol. The van der Waals surface area contributed by atoms with Crippen LogP contribution in [0.5, 0.6) is 0 Å². The zero-order valence-electron chi connectivity index (χ0n) is 10.6. The standard InChI is InChI=1S/C12H17N.C2H4O2/c1-11-7-5-6-10-13(11)12-8-3-2-4-9-12;1-2(3)4/h2-4,8-9,11H,5-7,10H2,1H3;1H3,(H,3,4). The molecule has 1 aliphatic rings. The van der Waals surface area contributed by atoms with Crippen LogP contribution >= 0.6 is 0 Å². The van der Waals surface area contributed by atoms with Gasteiger partial charge < -0.3 is 10.0 Å². The van der Waals surface area contributed by atoms with Gasteiger partial charge in [-0.1, -0.05) is 18.2 Å². The summed E-state index contributed by atoms with van der Waals surface area (Å²) in [5, 5.41) is 7.42. The minimum absolute atomic E-state index is 0.719. The van der Waals surface area contributed by atoms with Gasteiger partial charge in [-0.15, -0.1) is 0 Å². The Morgan fingerprint density at radius 2 is 1.88 bits per heavy atom. The molecule has 1 aliphatic heterocycles. The Kier molecular flexibility index (Phi) is 5.53. The second kappa shape index (κ2) is 6.94. The van der Waals surface area contributed by atoms with E-state index in [2.05, 4.69) is 42.2 Å². The van der Waals surface area contributed by atoms with Gasteiger partial charge in [0.15, 0.2) is 0 Å². The highest BCUT2D eigenvalue weighted by atomic mass is 16.4. The normalized spacial score (nSPS) is 19.2. The molecule has 1 atom stereocenters. The third-order valence-electron chi connectivity index (χ3n) is 2.89. The molecule has 1 fully saturated rings. The van der Waals surface area contributed by atoms with Gasteiger partial charge in [0.05, 0.1) is 0 Å². The van der Waals surface area contributed by atoms with Crippen LogP contribution < -0.4 is 4.90 Å². The van der Waals surface area contributed by atoms with Gasteiger partial charge in [-0.05, 0) is 38.3 Å². The van der Waals surface area contributed by atoms with E-state index in [1.54, 1.807) is 0 Å². The van der Waals surface area contributed by atoms with E-state index in [9.17, 15) is 0 Å². The second-order valence-electron chi connectivity index (χ2n) is 4.39. The molecular formula is C14H21NO2. The predicted molar refractivity (Wildman–Crippen MR) is 70.4 cm³/mol. The number of carboxylic acid groups (broad SMARTS) is 1. The van der Waals surface area contributed by atoms with Crippen molar-refractivity contribution in [2.24, 2.45) is 0 Å². The first-order chi connectivity index (χ1) is 8.11. The molecule has 94 valence electrons. The van der Waals surface area contributed by atoms with E-state index < -0.39 is 5.97 Å². The van der Waals surface area contributed by atoms with Crippen molar-refractivity contribution in [3.63, 3.8) is 0 Å². The van der Waals surface area contributed by atoms with Gasteiger partial charge >= 0.3 is 0 Å². The molecule has 0 bridgehead atoms. The number of carboxylic acids is 1. The van der Waals surface area contributed by atoms with E-state index in [1.165, 1.54) is 31.5 Å². The van der Waals surface area contributed by atoms with Crippen molar-refractivity contribution >= 4 is 11.7 Å². The molecule has 0 saturated carbocycles. The smallest absolute Gasteiger partial charge is 0.300 e. The summed E-state index contributed by atoms with van der Waals surface area (Å²) < 4.78 is 0. The van der Waals surface area contributed by atoms with Gasteiger partial charge in [0.1, 0.15) is 0 Å². The highest BCUT2D eigenvalue weighted by Gasteiger charge is 2.17.